The van der Waals surface area contributed by atoms with Crippen molar-refractivity contribution in [3.8, 4) is 28.4 Å². The largest absolute Gasteiger partial charge is 0.497 e. The summed E-state index contributed by atoms with van der Waals surface area (Å²) in [6, 6.07) is 24.1. The van der Waals surface area contributed by atoms with Crippen LogP contribution in [0.4, 0.5) is 4.39 Å². The summed E-state index contributed by atoms with van der Waals surface area (Å²) < 4.78 is 18.7. The molecule has 7 heteroatoms. The van der Waals surface area contributed by atoms with Crippen molar-refractivity contribution in [1.82, 2.24) is 20.2 Å². The number of methoxy groups -OCH3 is 1. The maximum Gasteiger partial charge on any atom is 0.270 e. The van der Waals surface area contributed by atoms with E-state index in [4.69, 9.17) is 9.72 Å². The lowest BCUT2D eigenvalue weighted by Gasteiger charge is -2.32. The van der Waals surface area contributed by atoms with Gasteiger partial charge in [-0.1, -0.05) is 30.3 Å². The second-order valence-electron chi connectivity index (χ2n) is 9.37. The van der Waals surface area contributed by atoms with Gasteiger partial charge in [0.1, 0.15) is 28.8 Å². The summed E-state index contributed by atoms with van der Waals surface area (Å²) in [5.74, 6) is 0.739. The number of H-pyrrole nitrogens is 1. The molecule has 1 aliphatic heterocycles. The van der Waals surface area contributed by atoms with Gasteiger partial charge in [0.05, 0.1) is 7.11 Å². The highest BCUT2D eigenvalue weighted by atomic mass is 19.1. The van der Waals surface area contributed by atoms with E-state index in [1.54, 1.807) is 19.2 Å². The summed E-state index contributed by atoms with van der Waals surface area (Å²) in [5, 5.41) is 3.21. The van der Waals surface area contributed by atoms with Gasteiger partial charge in [-0.3, -0.25) is 4.79 Å². The number of nitrogens with one attached hydrogen (secondary N) is 2. The second-order valence-corrected chi connectivity index (χ2v) is 9.37. The summed E-state index contributed by atoms with van der Waals surface area (Å²) in [7, 11) is 1.61. The normalized spacial score (nSPS) is 14.4. The molecule has 1 amide bonds. The average molecular weight is 499 g/mol. The van der Waals surface area contributed by atoms with Gasteiger partial charge in [-0.25, -0.2) is 9.37 Å². The number of carbonyl (C=O) groups is 1. The molecule has 0 radical (unpaired) electrons. The minimum absolute atomic E-state index is 0.0989. The Morgan fingerprint density at radius 2 is 1.68 bits per heavy atom. The Kier molecular flexibility index (Phi) is 7.61. The van der Waals surface area contributed by atoms with Crippen LogP contribution in [0.25, 0.3) is 22.6 Å². The fourth-order valence-electron chi connectivity index (χ4n) is 4.73. The Hall–Kier alpha value is -3.97. The number of amides is 1. The quantitative estimate of drug-likeness (QED) is 0.345. The van der Waals surface area contributed by atoms with Gasteiger partial charge in [0.15, 0.2) is 0 Å². The first-order valence-corrected chi connectivity index (χ1v) is 12.7. The number of imidazole rings is 1. The highest BCUT2D eigenvalue weighted by Gasteiger charge is 2.25. The van der Waals surface area contributed by atoms with Crippen molar-refractivity contribution in [3.05, 3.63) is 95.9 Å². The number of likely N-dealkylation sites (tertiary alicyclic amines) is 1. The minimum atomic E-state index is -0.321. The molecule has 2 heterocycles. The molecule has 0 aliphatic carbocycles. The van der Waals surface area contributed by atoms with Crippen LogP contribution in [0.1, 0.15) is 28.9 Å². The van der Waals surface area contributed by atoms with Gasteiger partial charge in [0.2, 0.25) is 0 Å². The van der Waals surface area contributed by atoms with Crippen LogP contribution in [-0.2, 0) is 6.42 Å². The number of carbonyl (C=O) groups excluding carboxylic acids is 1. The van der Waals surface area contributed by atoms with Gasteiger partial charge in [-0.15, -0.1) is 0 Å². The zero-order chi connectivity index (χ0) is 25.6. The highest BCUT2D eigenvalue weighted by Crippen LogP contribution is 2.28. The number of piperidine rings is 1. The van der Waals surface area contributed by atoms with Gasteiger partial charge in [0, 0.05) is 36.8 Å². The molecular weight excluding hydrogens is 467 g/mol. The zero-order valence-electron chi connectivity index (χ0n) is 20.9. The van der Waals surface area contributed by atoms with Gasteiger partial charge >= 0.3 is 0 Å². The molecule has 0 spiro atoms. The molecule has 3 aromatic carbocycles. The van der Waals surface area contributed by atoms with Crippen molar-refractivity contribution in [2.45, 2.75) is 25.3 Å². The number of hydrogen-bond acceptors (Lipinski definition) is 4. The van der Waals surface area contributed by atoms with Crippen molar-refractivity contribution in [3.63, 3.8) is 0 Å². The van der Waals surface area contributed by atoms with E-state index in [0.717, 1.165) is 50.2 Å². The van der Waals surface area contributed by atoms with Crippen LogP contribution in [0.3, 0.4) is 0 Å². The molecule has 190 valence electrons. The monoisotopic (exact) mass is 498 g/mol. The molecule has 1 aliphatic rings. The molecule has 1 saturated heterocycles. The fraction of sp³-hybridized carbons (Fsp3) is 0.267. The number of hydrogen-bond donors (Lipinski definition) is 2. The van der Waals surface area contributed by atoms with Gasteiger partial charge in [0.25, 0.3) is 5.91 Å². The molecule has 4 aromatic rings. The van der Waals surface area contributed by atoms with Crippen LogP contribution in [0.15, 0.2) is 78.9 Å². The van der Waals surface area contributed by atoms with Crippen LogP contribution in [-0.4, -0.2) is 53.6 Å². The predicted octanol–water partition coefficient (Wildman–Crippen LogP) is 5.33. The third kappa shape index (κ3) is 6.06. The van der Waals surface area contributed by atoms with Crippen molar-refractivity contribution in [1.29, 1.82) is 0 Å². The van der Waals surface area contributed by atoms with E-state index in [1.807, 2.05) is 30.3 Å². The minimum Gasteiger partial charge on any atom is -0.497 e. The van der Waals surface area contributed by atoms with E-state index in [0.29, 0.717) is 22.8 Å². The Labute approximate surface area is 216 Å². The number of aromatic amines is 1. The van der Waals surface area contributed by atoms with E-state index in [-0.39, 0.29) is 17.8 Å². The third-order valence-electron chi connectivity index (χ3n) is 6.89. The number of aromatic nitrogens is 2. The Morgan fingerprint density at radius 3 is 2.35 bits per heavy atom. The van der Waals surface area contributed by atoms with Crippen molar-refractivity contribution in [2.75, 3.05) is 26.7 Å². The first-order valence-electron chi connectivity index (χ1n) is 12.7. The predicted molar refractivity (Wildman–Crippen MR) is 143 cm³/mol. The SMILES string of the molecule is COc1ccc(-c2nc(-c3ccc(F)cc3)[nH]c2C(=O)NC2CCN(CCc3ccccc3)CC2)cc1. The zero-order valence-corrected chi connectivity index (χ0v) is 20.9. The molecule has 0 saturated carbocycles. The average Bonchev–Trinajstić information content (AvgIpc) is 3.39. The second kappa shape index (κ2) is 11.4. The van der Waals surface area contributed by atoms with Crippen molar-refractivity contribution >= 4 is 5.91 Å². The first kappa shape index (κ1) is 24.7. The number of benzene rings is 3. The molecule has 1 fully saturated rings. The van der Waals surface area contributed by atoms with Crippen LogP contribution < -0.4 is 10.1 Å². The molecule has 2 N–H and O–H groups in total. The molecule has 0 unspecified atom stereocenters. The summed E-state index contributed by atoms with van der Waals surface area (Å²) >= 11 is 0. The van der Waals surface area contributed by atoms with Crippen LogP contribution in [0.2, 0.25) is 0 Å². The standard InChI is InChI=1S/C30H31FN4O2/c1-37-26-13-9-22(10-14-26)27-28(34-29(33-27)23-7-11-24(31)12-8-23)30(36)32-25-16-19-35(20-17-25)18-15-21-5-3-2-4-6-21/h2-14,25H,15-20H2,1H3,(H,32,36)(H,33,34). The Morgan fingerprint density at radius 1 is 1.00 bits per heavy atom. The molecule has 5 rings (SSSR count). The number of rotatable bonds is 8. The van der Waals surface area contributed by atoms with E-state index in [1.165, 1.54) is 17.7 Å². The summed E-state index contributed by atoms with van der Waals surface area (Å²) in [6.07, 6.45) is 2.83. The van der Waals surface area contributed by atoms with Crippen LogP contribution in [0.5, 0.6) is 5.75 Å². The molecule has 1 aromatic heterocycles. The third-order valence-corrected chi connectivity index (χ3v) is 6.89. The van der Waals surface area contributed by atoms with Gasteiger partial charge in [-0.2, -0.15) is 0 Å². The molecule has 0 atom stereocenters. The van der Waals surface area contributed by atoms with E-state index in [2.05, 4.69) is 39.5 Å². The highest BCUT2D eigenvalue weighted by molar-refractivity contribution is 5.99. The fourth-order valence-corrected chi connectivity index (χ4v) is 4.73. The van der Waals surface area contributed by atoms with Crippen LogP contribution in [0, 0.1) is 5.82 Å². The number of halogens is 1. The maximum atomic E-state index is 13.5. The smallest absolute Gasteiger partial charge is 0.270 e. The lowest BCUT2D eigenvalue weighted by molar-refractivity contribution is 0.0907. The van der Waals surface area contributed by atoms with Crippen molar-refractivity contribution in [2.24, 2.45) is 0 Å². The lowest BCUT2D eigenvalue weighted by Crippen LogP contribution is -2.45. The molecule has 6 nitrogen and oxygen atoms in total. The first-order chi connectivity index (χ1) is 18.1. The Bertz CT molecular complexity index is 1310. The summed E-state index contributed by atoms with van der Waals surface area (Å²) in [4.78, 5) is 23.8. The molecule has 37 heavy (non-hydrogen) atoms. The molecule has 0 bridgehead atoms. The number of nitrogens with zero attached hydrogens (tertiary/aromatic N) is 2. The summed E-state index contributed by atoms with van der Waals surface area (Å²) in [5.41, 5.74) is 3.81. The van der Waals surface area contributed by atoms with E-state index >= 15 is 0 Å². The van der Waals surface area contributed by atoms with Crippen LogP contribution >= 0.6 is 0 Å². The molecular formula is C30H31FN4O2. The van der Waals surface area contributed by atoms with Gasteiger partial charge in [-0.05, 0) is 73.4 Å². The van der Waals surface area contributed by atoms with E-state index < -0.39 is 0 Å². The lowest BCUT2D eigenvalue weighted by atomic mass is 10.0. The Balaban J connectivity index is 1.28. The summed E-state index contributed by atoms with van der Waals surface area (Å²) in [6.45, 7) is 2.92. The van der Waals surface area contributed by atoms with Gasteiger partial charge < -0.3 is 19.9 Å². The number of ether oxygens (including phenoxy) is 1. The maximum absolute atomic E-state index is 13.5. The van der Waals surface area contributed by atoms with Crippen molar-refractivity contribution < 1.29 is 13.9 Å². The van der Waals surface area contributed by atoms with E-state index in [9.17, 15) is 9.18 Å². The topological polar surface area (TPSA) is 70.2 Å².